The molecule has 13 heavy (non-hydrogen) atoms. The summed E-state index contributed by atoms with van der Waals surface area (Å²) in [7, 11) is 0. The van der Waals surface area contributed by atoms with E-state index >= 15 is 0 Å². The van der Waals surface area contributed by atoms with E-state index in [2.05, 4.69) is 24.0 Å². The number of hydrogen-bond donors (Lipinski definition) is 1. The first-order valence-electron chi connectivity index (χ1n) is 4.38. The highest BCUT2D eigenvalue weighted by Crippen LogP contribution is 2.16. The van der Waals surface area contributed by atoms with Crippen LogP contribution in [0.3, 0.4) is 0 Å². The summed E-state index contributed by atoms with van der Waals surface area (Å²) in [5.41, 5.74) is 7.46. The van der Waals surface area contributed by atoms with Crippen molar-refractivity contribution in [3.05, 3.63) is 5.51 Å². The molecule has 0 radical (unpaired) electrons. The van der Waals surface area contributed by atoms with Crippen molar-refractivity contribution in [3.63, 3.8) is 0 Å². The third-order valence-corrected chi connectivity index (χ3v) is 2.83. The maximum atomic E-state index is 6.04. The van der Waals surface area contributed by atoms with Crippen LogP contribution in [0.1, 0.15) is 26.7 Å². The molecule has 0 saturated carbocycles. The van der Waals surface area contributed by atoms with Crippen molar-refractivity contribution in [1.82, 2.24) is 10.2 Å². The quantitative estimate of drug-likeness (QED) is 0.783. The molecule has 1 aromatic heterocycles. The summed E-state index contributed by atoms with van der Waals surface area (Å²) in [5, 5.41) is 8.05. The van der Waals surface area contributed by atoms with Gasteiger partial charge in [0.15, 0.2) is 0 Å². The molecule has 0 aliphatic heterocycles. The molecule has 0 atom stereocenters. The number of nitrogens with zero attached hydrogens (tertiary/aromatic N) is 2. The minimum absolute atomic E-state index is 0.230. The van der Waals surface area contributed by atoms with Gasteiger partial charge in [-0.2, -0.15) is 0 Å². The molecule has 0 aromatic carbocycles. The van der Waals surface area contributed by atoms with E-state index in [1.54, 1.807) is 5.51 Å². The smallest absolute Gasteiger partial charge is 0.293 e. The van der Waals surface area contributed by atoms with Gasteiger partial charge in [-0.05, 0) is 12.8 Å². The lowest BCUT2D eigenvalue weighted by Gasteiger charge is -2.25. The normalized spacial score (nSPS) is 11.6. The van der Waals surface area contributed by atoms with Crippen molar-refractivity contribution in [2.45, 2.75) is 32.2 Å². The maximum absolute atomic E-state index is 6.04. The minimum atomic E-state index is -0.230. The fraction of sp³-hybridized carbons (Fsp3) is 0.750. The van der Waals surface area contributed by atoms with Crippen LogP contribution in [0.25, 0.3) is 0 Å². The van der Waals surface area contributed by atoms with E-state index in [0.717, 1.165) is 12.8 Å². The second-order valence-corrected chi connectivity index (χ2v) is 3.86. The van der Waals surface area contributed by atoms with Gasteiger partial charge in [0.05, 0.1) is 0 Å². The topological polar surface area (TPSA) is 61.0 Å². The molecule has 0 aliphatic carbocycles. The van der Waals surface area contributed by atoms with Gasteiger partial charge in [-0.3, -0.25) is 0 Å². The molecule has 0 bridgehead atoms. The highest BCUT2D eigenvalue weighted by Gasteiger charge is 2.21. The maximum Gasteiger partial charge on any atom is 0.293 e. The molecule has 0 amide bonds. The predicted octanol–water partition coefficient (Wildman–Crippen LogP) is 1.43. The predicted molar refractivity (Wildman–Crippen MR) is 52.9 cm³/mol. The Labute approximate surface area is 82.1 Å². The summed E-state index contributed by atoms with van der Waals surface area (Å²) in [4.78, 5) is 0. The molecule has 4 nitrogen and oxygen atoms in total. The first-order valence-corrected chi connectivity index (χ1v) is 5.26. The van der Waals surface area contributed by atoms with E-state index < -0.39 is 0 Å². The molecule has 1 heterocycles. The Bertz CT molecular complexity index is 234. The number of hydrogen-bond acceptors (Lipinski definition) is 5. The molecule has 1 aromatic rings. The lowest BCUT2D eigenvalue weighted by Crippen LogP contribution is -2.44. The van der Waals surface area contributed by atoms with Crippen LogP contribution in [-0.4, -0.2) is 22.3 Å². The molecular formula is C8H15N3OS. The summed E-state index contributed by atoms with van der Waals surface area (Å²) in [6.45, 7) is 4.63. The van der Waals surface area contributed by atoms with Gasteiger partial charge in [-0.1, -0.05) is 25.2 Å². The molecule has 0 spiro atoms. The second kappa shape index (κ2) is 4.53. The lowest BCUT2D eigenvalue weighted by molar-refractivity contribution is 0.205. The number of rotatable bonds is 5. The summed E-state index contributed by atoms with van der Waals surface area (Å²) < 4.78 is 5.41. The second-order valence-electron chi connectivity index (χ2n) is 3.06. The van der Waals surface area contributed by atoms with E-state index in [4.69, 9.17) is 10.5 Å². The van der Waals surface area contributed by atoms with Crippen LogP contribution in [0.15, 0.2) is 5.51 Å². The average molecular weight is 201 g/mol. The van der Waals surface area contributed by atoms with Crippen LogP contribution in [0.2, 0.25) is 0 Å². The minimum Gasteiger partial charge on any atom is -0.467 e. The van der Waals surface area contributed by atoms with E-state index in [-0.39, 0.29) is 5.54 Å². The van der Waals surface area contributed by atoms with Gasteiger partial charge in [0, 0.05) is 5.54 Å². The van der Waals surface area contributed by atoms with Gasteiger partial charge in [-0.15, -0.1) is 10.2 Å². The van der Waals surface area contributed by atoms with E-state index in [0.29, 0.717) is 11.8 Å². The van der Waals surface area contributed by atoms with Crippen LogP contribution in [0.5, 0.6) is 5.19 Å². The Balaban J connectivity index is 2.41. The van der Waals surface area contributed by atoms with Crippen LogP contribution in [-0.2, 0) is 0 Å². The van der Waals surface area contributed by atoms with Gasteiger partial charge >= 0.3 is 0 Å². The third-order valence-electron chi connectivity index (χ3n) is 2.23. The molecule has 0 aliphatic rings. The summed E-state index contributed by atoms with van der Waals surface area (Å²) in [6, 6.07) is 0. The summed E-state index contributed by atoms with van der Waals surface area (Å²) in [6.07, 6.45) is 1.81. The van der Waals surface area contributed by atoms with Gasteiger partial charge in [0.2, 0.25) is 0 Å². The van der Waals surface area contributed by atoms with E-state index in [9.17, 15) is 0 Å². The highest BCUT2D eigenvalue weighted by atomic mass is 32.1. The third kappa shape index (κ3) is 2.93. The summed E-state index contributed by atoms with van der Waals surface area (Å²) in [5.74, 6) is 0. The fourth-order valence-electron chi connectivity index (χ4n) is 0.885. The first kappa shape index (κ1) is 10.4. The Morgan fingerprint density at radius 3 is 2.69 bits per heavy atom. The zero-order valence-corrected chi connectivity index (χ0v) is 8.80. The fourth-order valence-corrected chi connectivity index (χ4v) is 1.29. The molecule has 1 rings (SSSR count). The molecular weight excluding hydrogens is 186 g/mol. The molecule has 74 valence electrons. The van der Waals surface area contributed by atoms with Crippen molar-refractivity contribution < 1.29 is 4.74 Å². The number of aromatic nitrogens is 2. The largest absolute Gasteiger partial charge is 0.467 e. The van der Waals surface area contributed by atoms with Crippen molar-refractivity contribution in [3.8, 4) is 5.19 Å². The van der Waals surface area contributed by atoms with Crippen LogP contribution < -0.4 is 10.5 Å². The van der Waals surface area contributed by atoms with Crippen LogP contribution in [0, 0.1) is 0 Å². The first-order chi connectivity index (χ1) is 6.20. The Kier molecular flexibility index (Phi) is 3.62. The molecule has 0 saturated heterocycles. The Morgan fingerprint density at radius 1 is 1.54 bits per heavy atom. The van der Waals surface area contributed by atoms with Crippen LogP contribution in [0.4, 0.5) is 0 Å². The van der Waals surface area contributed by atoms with Crippen LogP contribution >= 0.6 is 11.3 Å². The number of ether oxygens (including phenoxy) is 1. The molecule has 0 fully saturated rings. The van der Waals surface area contributed by atoms with Gasteiger partial charge in [0.1, 0.15) is 12.1 Å². The zero-order chi connectivity index (χ0) is 9.73. The van der Waals surface area contributed by atoms with Crippen molar-refractivity contribution >= 4 is 11.3 Å². The molecule has 2 N–H and O–H groups in total. The van der Waals surface area contributed by atoms with Gasteiger partial charge in [0.25, 0.3) is 5.19 Å². The van der Waals surface area contributed by atoms with E-state index in [1.807, 2.05) is 0 Å². The highest BCUT2D eigenvalue weighted by molar-refractivity contribution is 7.11. The van der Waals surface area contributed by atoms with Gasteiger partial charge in [-0.25, -0.2) is 0 Å². The Morgan fingerprint density at radius 2 is 2.23 bits per heavy atom. The molecule has 0 unspecified atom stereocenters. The monoisotopic (exact) mass is 201 g/mol. The van der Waals surface area contributed by atoms with Crippen molar-refractivity contribution in [1.29, 1.82) is 0 Å². The van der Waals surface area contributed by atoms with E-state index in [1.165, 1.54) is 11.3 Å². The molecule has 5 heteroatoms. The van der Waals surface area contributed by atoms with Crippen molar-refractivity contribution in [2.24, 2.45) is 5.73 Å². The van der Waals surface area contributed by atoms with Gasteiger partial charge < -0.3 is 10.5 Å². The number of nitrogens with two attached hydrogens (primary N) is 1. The summed E-state index contributed by atoms with van der Waals surface area (Å²) >= 11 is 1.38. The zero-order valence-electron chi connectivity index (χ0n) is 7.99. The Hall–Kier alpha value is -0.680. The average Bonchev–Trinajstić information content (AvgIpc) is 2.67. The standard InChI is InChI=1S/C8H15N3OS/c1-3-8(9,4-2)5-12-7-11-10-6-13-7/h6H,3-5,9H2,1-2H3. The SMILES string of the molecule is CCC(N)(CC)COc1nncs1. The van der Waals surface area contributed by atoms with Crippen molar-refractivity contribution in [2.75, 3.05) is 6.61 Å². The lowest BCUT2D eigenvalue weighted by atomic mass is 9.96.